The summed E-state index contributed by atoms with van der Waals surface area (Å²) in [5, 5.41) is 5.55. The van der Waals surface area contributed by atoms with Crippen LogP contribution in [0, 0.1) is 10.8 Å². The largest absolute Gasteiger partial charge is 0.445 e. The third kappa shape index (κ3) is 6.99. The van der Waals surface area contributed by atoms with E-state index >= 15 is 0 Å². The van der Waals surface area contributed by atoms with Gasteiger partial charge >= 0.3 is 6.09 Å². The Bertz CT molecular complexity index is 907. The van der Waals surface area contributed by atoms with E-state index in [0.29, 0.717) is 13.0 Å². The maximum absolute atomic E-state index is 14.1. The lowest BCUT2D eigenvalue weighted by atomic mass is 9.74. The molecule has 8 nitrogen and oxygen atoms in total. The molecule has 2 atom stereocenters. The molecule has 3 amide bonds. The first-order chi connectivity index (χ1) is 16.9. The van der Waals surface area contributed by atoms with Gasteiger partial charge in [-0.05, 0) is 64.0 Å². The highest BCUT2D eigenvalue weighted by Crippen LogP contribution is 2.40. The van der Waals surface area contributed by atoms with Crippen LogP contribution in [-0.4, -0.2) is 73.0 Å². The molecule has 0 spiro atoms. The van der Waals surface area contributed by atoms with Crippen LogP contribution in [0.4, 0.5) is 4.79 Å². The molecule has 36 heavy (non-hydrogen) atoms. The Hall–Kier alpha value is -2.61. The molecule has 3 rings (SSSR count). The van der Waals surface area contributed by atoms with Crippen LogP contribution in [0.25, 0.3) is 0 Å². The molecule has 0 bridgehead atoms. The number of nitrogens with zero attached hydrogens (tertiary/aromatic N) is 2. The Morgan fingerprint density at radius 3 is 2.36 bits per heavy atom. The Balaban J connectivity index is 1.69. The predicted octanol–water partition coefficient (Wildman–Crippen LogP) is 3.56. The van der Waals surface area contributed by atoms with Gasteiger partial charge in [-0.25, -0.2) is 4.79 Å². The number of benzene rings is 1. The van der Waals surface area contributed by atoms with Gasteiger partial charge in [0.05, 0.1) is 11.5 Å². The summed E-state index contributed by atoms with van der Waals surface area (Å²) < 4.78 is 5.34. The third-order valence-corrected chi connectivity index (χ3v) is 7.87. The van der Waals surface area contributed by atoms with Crippen molar-refractivity contribution in [1.29, 1.82) is 0 Å². The second kappa shape index (κ2) is 11.6. The molecule has 0 unspecified atom stereocenters. The van der Waals surface area contributed by atoms with Gasteiger partial charge in [-0.2, -0.15) is 0 Å². The van der Waals surface area contributed by atoms with Crippen LogP contribution in [0.3, 0.4) is 0 Å². The molecule has 0 aromatic heterocycles. The maximum Gasteiger partial charge on any atom is 0.407 e. The lowest BCUT2D eigenvalue weighted by Gasteiger charge is -2.45. The van der Waals surface area contributed by atoms with Crippen molar-refractivity contribution in [1.82, 2.24) is 20.4 Å². The Morgan fingerprint density at radius 1 is 1.11 bits per heavy atom. The summed E-state index contributed by atoms with van der Waals surface area (Å²) in [5.74, 6) is 0.00536. The van der Waals surface area contributed by atoms with E-state index < -0.39 is 11.5 Å². The number of amides is 3. The average Bonchev–Trinajstić information content (AvgIpc) is 3.23. The van der Waals surface area contributed by atoms with Gasteiger partial charge in [0.15, 0.2) is 0 Å². The zero-order valence-corrected chi connectivity index (χ0v) is 22.8. The molecule has 2 fully saturated rings. The first-order valence-electron chi connectivity index (χ1n) is 13.1. The Kier molecular flexibility index (Phi) is 9.03. The third-order valence-electron chi connectivity index (χ3n) is 7.87. The summed E-state index contributed by atoms with van der Waals surface area (Å²) in [5.41, 5.74) is 0.370. The molecular formula is C28H44N4O4. The van der Waals surface area contributed by atoms with E-state index in [1.807, 2.05) is 56.1 Å². The highest BCUT2D eigenvalue weighted by Gasteiger charge is 2.46. The molecular weight excluding hydrogens is 456 g/mol. The van der Waals surface area contributed by atoms with Crippen LogP contribution >= 0.6 is 0 Å². The van der Waals surface area contributed by atoms with Gasteiger partial charge in [0.2, 0.25) is 11.8 Å². The Labute approximate surface area is 216 Å². The van der Waals surface area contributed by atoms with E-state index in [-0.39, 0.29) is 48.5 Å². The summed E-state index contributed by atoms with van der Waals surface area (Å²) in [6.45, 7) is 9.34. The molecule has 1 aliphatic carbocycles. The average molecular weight is 501 g/mol. The fourth-order valence-electron chi connectivity index (χ4n) is 5.43. The van der Waals surface area contributed by atoms with Crippen molar-refractivity contribution >= 4 is 17.9 Å². The van der Waals surface area contributed by atoms with Crippen molar-refractivity contribution < 1.29 is 19.1 Å². The normalized spacial score (nSPS) is 22.6. The van der Waals surface area contributed by atoms with E-state index in [0.717, 1.165) is 31.2 Å². The number of nitrogens with one attached hydrogen (secondary N) is 2. The highest BCUT2D eigenvalue weighted by atomic mass is 16.5. The van der Waals surface area contributed by atoms with Crippen LogP contribution in [0.5, 0.6) is 0 Å². The number of alkyl carbamates (subject to hydrolysis) is 1. The van der Waals surface area contributed by atoms with E-state index in [4.69, 9.17) is 4.74 Å². The van der Waals surface area contributed by atoms with Crippen molar-refractivity contribution in [2.45, 2.75) is 84.5 Å². The van der Waals surface area contributed by atoms with E-state index in [1.165, 1.54) is 0 Å². The van der Waals surface area contributed by atoms with Crippen LogP contribution < -0.4 is 10.6 Å². The maximum atomic E-state index is 14.1. The molecule has 2 aliphatic rings. The molecule has 2 N–H and O–H groups in total. The molecule has 200 valence electrons. The molecule has 0 radical (unpaired) electrons. The number of likely N-dealkylation sites (tertiary alicyclic amines) is 1. The molecule has 1 saturated heterocycles. The minimum absolute atomic E-state index is 0.0146. The first kappa shape index (κ1) is 28.0. The highest BCUT2D eigenvalue weighted by molar-refractivity contribution is 5.85. The lowest BCUT2D eigenvalue weighted by molar-refractivity contribution is -0.146. The minimum atomic E-state index is -0.817. The molecule has 1 aromatic rings. The number of likely N-dealkylation sites (N-methyl/N-ethyl adjacent to an activating group) is 2. The van der Waals surface area contributed by atoms with Crippen molar-refractivity contribution in [2.24, 2.45) is 10.8 Å². The van der Waals surface area contributed by atoms with Crippen molar-refractivity contribution in [3.63, 3.8) is 0 Å². The zero-order chi connectivity index (χ0) is 26.5. The van der Waals surface area contributed by atoms with Gasteiger partial charge in [-0.15, -0.1) is 0 Å². The topological polar surface area (TPSA) is 91.0 Å². The molecule has 1 aliphatic heterocycles. The molecule has 1 aromatic carbocycles. The van der Waals surface area contributed by atoms with Crippen LogP contribution in [0.2, 0.25) is 0 Å². The Morgan fingerprint density at radius 2 is 1.75 bits per heavy atom. The quantitative estimate of drug-likeness (QED) is 0.570. The van der Waals surface area contributed by atoms with Crippen molar-refractivity contribution in [2.75, 3.05) is 27.2 Å². The minimum Gasteiger partial charge on any atom is -0.445 e. The van der Waals surface area contributed by atoms with Crippen LogP contribution in [0.1, 0.15) is 65.4 Å². The summed E-state index contributed by atoms with van der Waals surface area (Å²) in [4.78, 5) is 43.0. The van der Waals surface area contributed by atoms with E-state index in [1.54, 1.807) is 7.05 Å². The smallest absolute Gasteiger partial charge is 0.407 e. The van der Waals surface area contributed by atoms with Gasteiger partial charge in [0.1, 0.15) is 6.61 Å². The summed E-state index contributed by atoms with van der Waals surface area (Å²) in [7, 11) is 3.60. The monoisotopic (exact) mass is 500 g/mol. The summed E-state index contributed by atoms with van der Waals surface area (Å²) in [6, 6.07) is 9.35. The van der Waals surface area contributed by atoms with Crippen LogP contribution in [0.15, 0.2) is 30.3 Å². The number of carbonyl (C=O) groups is 3. The fraction of sp³-hybridized carbons (Fsp3) is 0.679. The predicted molar refractivity (Wildman–Crippen MR) is 140 cm³/mol. The van der Waals surface area contributed by atoms with Gasteiger partial charge in [0, 0.05) is 32.2 Å². The van der Waals surface area contributed by atoms with Crippen molar-refractivity contribution in [3.8, 4) is 0 Å². The fourth-order valence-corrected chi connectivity index (χ4v) is 5.43. The summed E-state index contributed by atoms with van der Waals surface area (Å²) in [6.07, 6.45) is 4.11. The lowest BCUT2D eigenvalue weighted by Crippen LogP contribution is -2.56. The number of ether oxygens (including phenoxy) is 1. The number of carbonyl (C=O) groups excluding carboxylic acids is 3. The second-order valence-electron chi connectivity index (χ2n) is 11.9. The van der Waals surface area contributed by atoms with Gasteiger partial charge in [-0.1, -0.05) is 44.2 Å². The second-order valence-corrected chi connectivity index (χ2v) is 11.9. The standard InChI is InChI=1S/C28H44N4O4/c1-27(2)14-12-21(13-15-27)32(22-16-23(24(33)29-5)31(6)17-22)25(34)28(3,4)19-30-26(35)36-18-20-10-8-7-9-11-20/h7-11,21-23H,12-19H2,1-6H3,(H,29,33)(H,30,35)/t22-,23-/m0/s1. The number of hydrogen-bond donors (Lipinski definition) is 2. The van der Waals surface area contributed by atoms with E-state index in [2.05, 4.69) is 29.4 Å². The van der Waals surface area contributed by atoms with Crippen molar-refractivity contribution in [3.05, 3.63) is 35.9 Å². The van der Waals surface area contributed by atoms with E-state index in [9.17, 15) is 14.4 Å². The molecule has 1 saturated carbocycles. The number of rotatable bonds is 8. The molecule has 8 heteroatoms. The van der Waals surface area contributed by atoms with Gasteiger partial charge in [0.25, 0.3) is 0 Å². The van der Waals surface area contributed by atoms with Gasteiger partial charge in [-0.3, -0.25) is 14.5 Å². The summed E-state index contributed by atoms with van der Waals surface area (Å²) >= 11 is 0. The zero-order valence-electron chi connectivity index (χ0n) is 22.8. The number of hydrogen-bond acceptors (Lipinski definition) is 5. The molecule has 1 heterocycles. The first-order valence-corrected chi connectivity index (χ1v) is 13.1. The SMILES string of the molecule is CNC(=O)[C@@H]1C[C@H](N(C(=O)C(C)(C)CNC(=O)OCc2ccccc2)C2CCC(C)(C)CC2)CN1C. The van der Waals surface area contributed by atoms with Crippen LogP contribution in [-0.2, 0) is 20.9 Å². The van der Waals surface area contributed by atoms with Gasteiger partial charge < -0.3 is 20.3 Å².